The molecule has 6 heteroatoms. The average Bonchev–Trinajstić information content (AvgIpc) is 3.17. The molecule has 138 valence electrons. The van der Waals surface area contributed by atoms with Gasteiger partial charge in [0, 0.05) is 17.2 Å². The molecule has 0 radical (unpaired) electrons. The Morgan fingerprint density at radius 2 is 1.74 bits per heavy atom. The molecule has 27 heavy (non-hydrogen) atoms. The zero-order valence-corrected chi connectivity index (χ0v) is 14.9. The molecule has 0 aliphatic carbocycles. The molecule has 1 N–H and O–H groups in total. The summed E-state index contributed by atoms with van der Waals surface area (Å²) < 4.78 is 10.8. The summed E-state index contributed by atoms with van der Waals surface area (Å²) >= 11 is 0. The minimum atomic E-state index is -0.435. The first-order chi connectivity index (χ1) is 13.1. The number of oxazole rings is 1. The van der Waals surface area contributed by atoms with E-state index in [-0.39, 0.29) is 25.0 Å². The maximum atomic E-state index is 12.1. The van der Waals surface area contributed by atoms with Gasteiger partial charge in [-0.05, 0) is 19.1 Å². The van der Waals surface area contributed by atoms with Crippen molar-refractivity contribution in [2.45, 2.75) is 26.0 Å². The highest BCUT2D eigenvalue weighted by Crippen LogP contribution is 2.20. The van der Waals surface area contributed by atoms with Gasteiger partial charge in [-0.1, -0.05) is 48.5 Å². The first kappa shape index (κ1) is 18.4. The molecule has 0 unspecified atom stereocenters. The minimum Gasteiger partial charge on any atom is -0.456 e. The molecule has 3 rings (SSSR count). The van der Waals surface area contributed by atoms with Crippen LogP contribution in [0.15, 0.2) is 71.3 Å². The highest BCUT2D eigenvalue weighted by Gasteiger charge is 2.15. The number of esters is 1. The SMILES string of the molecule is C[C@H](CC(=O)OCc1ncc(-c2ccccc2)o1)NC(=O)c1ccccc1. The van der Waals surface area contributed by atoms with Gasteiger partial charge in [-0.3, -0.25) is 9.59 Å². The third-order valence-electron chi connectivity index (χ3n) is 3.85. The third kappa shape index (κ3) is 5.28. The van der Waals surface area contributed by atoms with Gasteiger partial charge in [-0.15, -0.1) is 0 Å². The predicted octanol–water partition coefficient (Wildman–Crippen LogP) is 3.59. The van der Waals surface area contributed by atoms with Crippen molar-refractivity contribution in [2.24, 2.45) is 0 Å². The molecule has 0 saturated carbocycles. The number of nitrogens with zero attached hydrogens (tertiary/aromatic N) is 1. The van der Waals surface area contributed by atoms with Crippen molar-refractivity contribution in [2.75, 3.05) is 0 Å². The van der Waals surface area contributed by atoms with E-state index in [0.29, 0.717) is 17.2 Å². The molecule has 2 aromatic carbocycles. The maximum absolute atomic E-state index is 12.1. The lowest BCUT2D eigenvalue weighted by molar-refractivity contribution is -0.146. The number of carbonyl (C=O) groups excluding carboxylic acids is 2. The van der Waals surface area contributed by atoms with E-state index in [1.807, 2.05) is 36.4 Å². The number of ether oxygens (including phenoxy) is 1. The van der Waals surface area contributed by atoms with Crippen molar-refractivity contribution in [3.63, 3.8) is 0 Å². The number of benzene rings is 2. The van der Waals surface area contributed by atoms with Crippen molar-refractivity contribution < 1.29 is 18.7 Å². The highest BCUT2D eigenvalue weighted by atomic mass is 16.5. The molecule has 1 amide bonds. The van der Waals surface area contributed by atoms with E-state index in [1.54, 1.807) is 37.4 Å². The number of aromatic nitrogens is 1. The third-order valence-corrected chi connectivity index (χ3v) is 3.85. The summed E-state index contributed by atoms with van der Waals surface area (Å²) in [7, 11) is 0. The van der Waals surface area contributed by atoms with Crippen molar-refractivity contribution >= 4 is 11.9 Å². The van der Waals surface area contributed by atoms with Crippen LogP contribution in [0.2, 0.25) is 0 Å². The summed E-state index contributed by atoms with van der Waals surface area (Å²) in [6.07, 6.45) is 1.66. The van der Waals surface area contributed by atoms with Crippen LogP contribution in [0.3, 0.4) is 0 Å². The fourth-order valence-corrected chi connectivity index (χ4v) is 2.51. The Labute approximate surface area is 157 Å². The number of amides is 1. The van der Waals surface area contributed by atoms with Gasteiger partial charge in [0.15, 0.2) is 12.4 Å². The van der Waals surface area contributed by atoms with Gasteiger partial charge in [0.05, 0.1) is 12.6 Å². The fraction of sp³-hybridized carbons (Fsp3) is 0.190. The molecule has 0 saturated heterocycles. The quantitative estimate of drug-likeness (QED) is 0.648. The van der Waals surface area contributed by atoms with Crippen molar-refractivity contribution in [1.82, 2.24) is 10.3 Å². The summed E-state index contributed by atoms with van der Waals surface area (Å²) in [6, 6.07) is 18.0. The van der Waals surface area contributed by atoms with Gasteiger partial charge in [0.1, 0.15) is 0 Å². The second kappa shape index (κ2) is 8.80. The topological polar surface area (TPSA) is 81.4 Å². The summed E-state index contributed by atoms with van der Waals surface area (Å²) in [4.78, 5) is 28.2. The second-order valence-electron chi connectivity index (χ2n) is 6.09. The number of rotatable bonds is 7. The molecule has 0 aliphatic heterocycles. The van der Waals surface area contributed by atoms with Gasteiger partial charge >= 0.3 is 5.97 Å². The zero-order valence-electron chi connectivity index (χ0n) is 14.9. The van der Waals surface area contributed by atoms with E-state index < -0.39 is 5.97 Å². The first-order valence-corrected chi connectivity index (χ1v) is 8.63. The maximum Gasteiger partial charge on any atom is 0.308 e. The molecular formula is C21H20N2O4. The summed E-state index contributed by atoms with van der Waals surface area (Å²) in [5, 5.41) is 2.77. The Bertz CT molecular complexity index is 891. The van der Waals surface area contributed by atoms with Gasteiger partial charge in [0.25, 0.3) is 5.91 Å². The van der Waals surface area contributed by atoms with Crippen LogP contribution in [0.25, 0.3) is 11.3 Å². The van der Waals surface area contributed by atoms with Crippen LogP contribution in [0.5, 0.6) is 0 Å². The summed E-state index contributed by atoms with van der Waals surface area (Å²) in [6.45, 7) is 1.70. The lowest BCUT2D eigenvalue weighted by atomic mass is 10.2. The van der Waals surface area contributed by atoms with Crippen LogP contribution in [0, 0.1) is 0 Å². The largest absolute Gasteiger partial charge is 0.456 e. The fourth-order valence-electron chi connectivity index (χ4n) is 2.51. The molecule has 1 atom stereocenters. The van der Waals surface area contributed by atoms with Gasteiger partial charge < -0.3 is 14.5 Å². The van der Waals surface area contributed by atoms with Crippen molar-refractivity contribution in [3.8, 4) is 11.3 Å². The van der Waals surface area contributed by atoms with Crippen molar-refractivity contribution in [3.05, 3.63) is 78.3 Å². The van der Waals surface area contributed by atoms with Gasteiger partial charge in [-0.25, -0.2) is 4.98 Å². The Kier molecular flexibility index (Phi) is 5.99. The molecular weight excluding hydrogens is 344 g/mol. The predicted molar refractivity (Wildman–Crippen MR) is 99.7 cm³/mol. The van der Waals surface area contributed by atoms with E-state index in [9.17, 15) is 9.59 Å². The van der Waals surface area contributed by atoms with Crippen LogP contribution in [-0.4, -0.2) is 22.9 Å². The second-order valence-corrected chi connectivity index (χ2v) is 6.09. The highest BCUT2D eigenvalue weighted by molar-refractivity contribution is 5.94. The average molecular weight is 364 g/mol. The van der Waals surface area contributed by atoms with E-state index in [1.165, 1.54) is 0 Å². The molecule has 6 nitrogen and oxygen atoms in total. The van der Waals surface area contributed by atoms with Crippen LogP contribution < -0.4 is 5.32 Å². The Balaban J connectivity index is 1.46. The number of carbonyl (C=O) groups is 2. The molecule has 1 heterocycles. The molecule has 0 aliphatic rings. The Morgan fingerprint density at radius 3 is 2.44 bits per heavy atom. The lowest BCUT2D eigenvalue weighted by Crippen LogP contribution is -2.34. The normalized spacial score (nSPS) is 11.6. The smallest absolute Gasteiger partial charge is 0.308 e. The molecule has 0 bridgehead atoms. The van der Waals surface area contributed by atoms with Crippen molar-refractivity contribution in [1.29, 1.82) is 0 Å². The molecule has 0 fully saturated rings. The Hall–Kier alpha value is -3.41. The zero-order chi connectivity index (χ0) is 19.1. The standard InChI is InChI=1S/C21H20N2O4/c1-15(23-21(25)17-10-6-3-7-11-17)12-20(24)26-14-19-22-13-18(27-19)16-8-4-2-5-9-16/h2-11,13,15H,12,14H2,1H3,(H,23,25)/t15-/m1/s1. The van der Waals surface area contributed by atoms with Crippen LogP contribution in [-0.2, 0) is 16.1 Å². The summed E-state index contributed by atoms with van der Waals surface area (Å²) in [5.74, 6) is 0.278. The number of hydrogen-bond donors (Lipinski definition) is 1. The molecule has 1 aromatic heterocycles. The summed E-state index contributed by atoms with van der Waals surface area (Å²) in [5.41, 5.74) is 1.45. The number of nitrogens with one attached hydrogen (secondary N) is 1. The molecule has 3 aromatic rings. The Morgan fingerprint density at radius 1 is 1.07 bits per heavy atom. The van der Waals surface area contributed by atoms with Gasteiger partial charge in [0.2, 0.25) is 5.89 Å². The van der Waals surface area contributed by atoms with Crippen LogP contribution in [0.1, 0.15) is 29.6 Å². The minimum absolute atomic E-state index is 0.0506. The van der Waals surface area contributed by atoms with E-state index >= 15 is 0 Å². The van der Waals surface area contributed by atoms with Crippen LogP contribution in [0.4, 0.5) is 0 Å². The molecule has 0 spiro atoms. The monoisotopic (exact) mass is 364 g/mol. The lowest BCUT2D eigenvalue weighted by Gasteiger charge is -2.13. The van der Waals surface area contributed by atoms with E-state index in [4.69, 9.17) is 9.15 Å². The van der Waals surface area contributed by atoms with E-state index in [2.05, 4.69) is 10.3 Å². The number of hydrogen-bond acceptors (Lipinski definition) is 5. The van der Waals surface area contributed by atoms with Gasteiger partial charge in [-0.2, -0.15) is 0 Å². The first-order valence-electron chi connectivity index (χ1n) is 8.63. The van der Waals surface area contributed by atoms with Crippen LogP contribution >= 0.6 is 0 Å². The van der Waals surface area contributed by atoms with E-state index in [0.717, 1.165) is 5.56 Å².